The SMILES string of the molecule is Cc1ccc(CN(CC(=O)NCC2(c3ccccc3)CCOCC2)C(C)C)o1. The van der Waals surface area contributed by atoms with Gasteiger partial charge < -0.3 is 14.5 Å². The molecule has 0 unspecified atom stereocenters. The molecule has 0 aliphatic carbocycles. The van der Waals surface area contributed by atoms with Crippen molar-refractivity contribution in [3.05, 3.63) is 59.5 Å². The largest absolute Gasteiger partial charge is 0.465 e. The summed E-state index contributed by atoms with van der Waals surface area (Å²) in [5.74, 6) is 1.84. The first-order chi connectivity index (χ1) is 13.5. The summed E-state index contributed by atoms with van der Waals surface area (Å²) < 4.78 is 11.3. The molecule has 0 saturated carbocycles. The van der Waals surface area contributed by atoms with Gasteiger partial charge in [0.2, 0.25) is 5.91 Å². The lowest BCUT2D eigenvalue weighted by molar-refractivity contribution is -0.123. The molecule has 5 heteroatoms. The lowest BCUT2D eigenvalue weighted by atomic mass is 9.74. The third-order valence-electron chi connectivity index (χ3n) is 5.69. The van der Waals surface area contributed by atoms with Gasteiger partial charge in [-0.1, -0.05) is 30.3 Å². The molecule has 5 nitrogen and oxygen atoms in total. The van der Waals surface area contributed by atoms with Crippen molar-refractivity contribution in [3.8, 4) is 0 Å². The molecule has 1 aromatic heterocycles. The van der Waals surface area contributed by atoms with E-state index in [-0.39, 0.29) is 17.4 Å². The third kappa shape index (κ3) is 5.24. The second-order valence-corrected chi connectivity index (χ2v) is 8.05. The number of hydrogen-bond acceptors (Lipinski definition) is 4. The molecule has 1 fully saturated rings. The molecule has 28 heavy (non-hydrogen) atoms. The van der Waals surface area contributed by atoms with E-state index in [4.69, 9.17) is 9.15 Å². The van der Waals surface area contributed by atoms with Crippen molar-refractivity contribution in [2.45, 2.75) is 51.6 Å². The lowest BCUT2D eigenvalue weighted by Gasteiger charge is -2.38. The number of amides is 1. The molecule has 0 radical (unpaired) electrons. The minimum Gasteiger partial charge on any atom is -0.465 e. The van der Waals surface area contributed by atoms with E-state index in [9.17, 15) is 4.79 Å². The topological polar surface area (TPSA) is 54.7 Å². The van der Waals surface area contributed by atoms with E-state index in [0.717, 1.165) is 37.6 Å². The van der Waals surface area contributed by atoms with Gasteiger partial charge in [0.05, 0.1) is 13.1 Å². The van der Waals surface area contributed by atoms with Crippen LogP contribution >= 0.6 is 0 Å². The third-order valence-corrected chi connectivity index (χ3v) is 5.69. The summed E-state index contributed by atoms with van der Waals surface area (Å²) in [5, 5.41) is 3.20. The van der Waals surface area contributed by atoms with E-state index < -0.39 is 0 Å². The van der Waals surface area contributed by atoms with Crippen LogP contribution in [0.2, 0.25) is 0 Å². The average molecular weight is 385 g/mol. The Kier molecular flexibility index (Phi) is 6.92. The first-order valence-electron chi connectivity index (χ1n) is 10.2. The van der Waals surface area contributed by atoms with Crippen LogP contribution in [0.3, 0.4) is 0 Å². The molecule has 3 rings (SSSR count). The Labute approximate surface area is 168 Å². The van der Waals surface area contributed by atoms with Crippen LogP contribution in [-0.4, -0.2) is 43.2 Å². The number of rotatable bonds is 8. The van der Waals surface area contributed by atoms with Gasteiger partial charge in [-0.3, -0.25) is 9.69 Å². The van der Waals surface area contributed by atoms with Crippen LogP contribution in [0.1, 0.15) is 43.8 Å². The minimum absolute atomic E-state index is 0.0457. The molecule has 0 spiro atoms. The summed E-state index contributed by atoms with van der Waals surface area (Å²) in [6, 6.07) is 14.7. The Bertz CT molecular complexity index is 748. The molecule has 1 aliphatic rings. The van der Waals surface area contributed by atoms with Crippen LogP contribution in [0.4, 0.5) is 0 Å². The number of carbonyl (C=O) groups is 1. The van der Waals surface area contributed by atoms with Crippen LogP contribution < -0.4 is 5.32 Å². The van der Waals surface area contributed by atoms with Gasteiger partial charge in [0.25, 0.3) is 0 Å². The van der Waals surface area contributed by atoms with Crippen LogP contribution in [0, 0.1) is 6.92 Å². The highest BCUT2D eigenvalue weighted by molar-refractivity contribution is 5.78. The van der Waals surface area contributed by atoms with Gasteiger partial charge in [-0.2, -0.15) is 0 Å². The molecule has 1 saturated heterocycles. The summed E-state index contributed by atoms with van der Waals surface area (Å²) >= 11 is 0. The molecule has 1 aromatic carbocycles. The molecular formula is C23H32N2O3. The fraction of sp³-hybridized carbons (Fsp3) is 0.522. The zero-order valence-electron chi connectivity index (χ0n) is 17.2. The van der Waals surface area contributed by atoms with Gasteiger partial charge in [-0.25, -0.2) is 0 Å². The van der Waals surface area contributed by atoms with Crippen LogP contribution in [0.5, 0.6) is 0 Å². The highest BCUT2D eigenvalue weighted by atomic mass is 16.5. The van der Waals surface area contributed by atoms with Crippen LogP contribution in [-0.2, 0) is 21.5 Å². The fourth-order valence-electron chi connectivity index (χ4n) is 3.82. The van der Waals surface area contributed by atoms with Crippen molar-refractivity contribution in [3.63, 3.8) is 0 Å². The first-order valence-corrected chi connectivity index (χ1v) is 10.2. The molecule has 152 valence electrons. The number of nitrogens with one attached hydrogen (secondary N) is 1. The zero-order valence-corrected chi connectivity index (χ0v) is 17.2. The number of hydrogen-bond donors (Lipinski definition) is 1. The molecule has 0 atom stereocenters. The number of furan rings is 1. The standard InChI is InChI=1S/C23H32N2O3/c1-18(2)25(15-21-10-9-19(3)28-21)16-22(26)24-17-23(11-13-27-14-12-23)20-7-5-4-6-8-20/h4-10,18H,11-17H2,1-3H3,(H,24,26). The predicted molar refractivity (Wildman–Crippen MR) is 110 cm³/mol. The Balaban J connectivity index is 1.62. The maximum absolute atomic E-state index is 12.8. The van der Waals surface area contributed by atoms with Crippen LogP contribution in [0.15, 0.2) is 46.9 Å². The lowest BCUT2D eigenvalue weighted by Crippen LogP contribution is -2.47. The van der Waals surface area contributed by atoms with E-state index in [2.05, 4.69) is 48.3 Å². The minimum atomic E-state index is -0.0457. The second-order valence-electron chi connectivity index (χ2n) is 8.05. The zero-order chi connectivity index (χ0) is 20.0. The Hall–Kier alpha value is -2.11. The number of carbonyl (C=O) groups excluding carboxylic acids is 1. The van der Waals surface area contributed by atoms with E-state index in [0.29, 0.717) is 19.6 Å². The van der Waals surface area contributed by atoms with Crippen molar-refractivity contribution < 1.29 is 13.9 Å². The second kappa shape index (κ2) is 9.39. The molecular weight excluding hydrogens is 352 g/mol. The van der Waals surface area contributed by atoms with Crippen molar-refractivity contribution >= 4 is 5.91 Å². The molecule has 1 aliphatic heterocycles. The molecule has 1 amide bonds. The van der Waals surface area contributed by atoms with Crippen molar-refractivity contribution in [1.82, 2.24) is 10.2 Å². The van der Waals surface area contributed by atoms with Gasteiger partial charge in [0.1, 0.15) is 11.5 Å². The Morgan fingerprint density at radius 1 is 1.14 bits per heavy atom. The first kappa shape index (κ1) is 20.6. The number of benzene rings is 1. The maximum Gasteiger partial charge on any atom is 0.234 e. The van der Waals surface area contributed by atoms with E-state index in [1.807, 2.05) is 25.1 Å². The van der Waals surface area contributed by atoms with Gasteiger partial charge in [-0.15, -0.1) is 0 Å². The fourth-order valence-corrected chi connectivity index (χ4v) is 3.82. The smallest absolute Gasteiger partial charge is 0.234 e. The Morgan fingerprint density at radius 2 is 1.86 bits per heavy atom. The normalized spacial score (nSPS) is 16.5. The number of ether oxygens (including phenoxy) is 1. The highest BCUT2D eigenvalue weighted by Crippen LogP contribution is 2.34. The summed E-state index contributed by atoms with van der Waals surface area (Å²) in [6.07, 6.45) is 1.85. The summed E-state index contributed by atoms with van der Waals surface area (Å²) in [7, 11) is 0. The van der Waals surface area contributed by atoms with Gasteiger partial charge in [0.15, 0.2) is 0 Å². The summed E-state index contributed by atoms with van der Waals surface area (Å²) in [5.41, 5.74) is 1.24. The van der Waals surface area contributed by atoms with Crippen molar-refractivity contribution in [2.24, 2.45) is 0 Å². The molecule has 2 aromatic rings. The van der Waals surface area contributed by atoms with E-state index in [1.165, 1.54) is 5.56 Å². The van der Waals surface area contributed by atoms with E-state index >= 15 is 0 Å². The molecule has 1 N–H and O–H groups in total. The Morgan fingerprint density at radius 3 is 2.46 bits per heavy atom. The summed E-state index contributed by atoms with van der Waals surface area (Å²) in [4.78, 5) is 14.9. The number of nitrogens with zero attached hydrogens (tertiary/aromatic N) is 1. The average Bonchev–Trinajstić information content (AvgIpc) is 3.12. The van der Waals surface area contributed by atoms with Gasteiger partial charge >= 0.3 is 0 Å². The van der Waals surface area contributed by atoms with Crippen LogP contribution in [0.25, 0.3) is 0 Å². The van der Waals surface area contributed by atoms with E-state index in [1.54, 1.807) is 0 Å². The molecule has 2 heterocycles. The number of aryl methyl sites for hydroxylation is 1. The van der Waals surface area contributed by atoms with Gasteiger partial charge in [0, 0.05) is 31.2 Å². The monoisotopic (exact) mass is 384 g/mol. The van der Waals surface area contributed by atoms with Crippen molar-refractivity contribution in [2.75, 3.05) is 26.3 Å². The van der Waals surface area contributed by atoms with Crippen molar-refractivity contribution in [1.29, 1.82) is 0 Å². The summed E-state index contributed by atoms with van der Waals surface area (Å²) in [6.45, 7) is 9.26. The quantitative estimate of drug-likeness (QED) is 0.755. The molecule has 0 bridgehead atoms. The maximum atomic E-state index is 12.8. The predicted octanol–water partition coefficient (Wildman–Crippen LogP) is 3.66. The highest BCUT2D eigenvalue weighted by Gasteiger charge is 2.34. The van der Waals surface area contributed by atoms with Gasteiger partial charge in [-0.05, 0) is 51.3 Å².